The third kappa shape index (κ3) is 4.68. The van der Waals surface area contributed by atoms with Crippen molar-refractivity contribution in [2.45, 2.75) is 33.7 Å². The number of halogens is 3. The minimum Gasteiger partial charge on any atom is -0.493 e. The van der Waals surface area contributed by atoms with Crippen LogP contribution < -0.4 is 15.3 Å². The van der Waals surface area contributed by atoms with Gasteiger partial charge in [0, 0.05) is 19.3 Å². The van der Waals surface area contributed by atoms with Crippen molar-refractivity contribution in [3.63, 3.8) is 0 Å². The van der Waals surface area contributed by atoms with Crippen LogP contribution in [0, 0.1) is 6.92 Å². The van der Waals surface area contributed by atoms with E-state index in [4.69, 9.17) is 0 Å². The van der Waals surface area contributed by atoms with Crippen LogP contribution in [0.2, 0.25) is 0 Å². The second kappa shape index (κ2) is 8.75. The molecule has 0 bridgehead atoms. The van der Waals surface area contributed by atoms with Gasteiger partial charge in [-0.05, 0) is 56.7 Å². The molecule has 31 heavy (non-hydrogen) atoms. The molecular formula is C21H23F3N4O3. The lowest BCUT2D eigenvalue weighted by atomic mass is 10.2. The summed E-state index contributed by atoms with van der Waals surface area (Å²) in [5.41, 5.74) is 1.79. The van der Waals surface area contributed by atoms with E-state index in [0.29, 0.717) is 5.69 Å². The number of aromatic nitrogens is 3. The molecule has 0 atom stereocenters. The average Bonchev–Trinajstić information content (AvgIpc) is 2.93. The molecule has 166 valence electrons. The molecule has 3 rings (SSSR count). The van der Waals surface area contributed by atoms with Gasteiger partial charge in [0.1, 0.15) is 5.75 Å². The van der Waals surface area contributed by atoms with E-state index in [-0.39, 0.29) is 18.1 Å². The highest BCUT2D eigenvalue weighted by atomic mass is 19.4. The number of benzene rings is 1. The molecule has 1 N–H and O–H groups in total. The van der Waals surface area contributed by atoms with Gasteiger partial charge in [-0.15, -0.1) is 13.2 Å². The van der Waals surface area contributed by atoms with Crippen molar-refractivity contribution in [2.24, 2.45) is 0 Å². The fourth-order valence-corrected chi connectivity index (χ4v) is 3.42. The molecule has 7 nitrogen and oxygen atoms in total. The zero-order chi connectivity index (χ0) is 22.8. The van der Waals surface area contributed by atoms with E-state index >= 15 is 0 Å². The van der Waals surface area contributed by atoms with Crippen LogP contribution in [0.15, 0.2) is 47.5 Å². The van der Waals surface area contributed by atoms with E-state index in [1.165, 1.54) is 16.7 Å². The van der Waals surface area contributed by atoms with Gasteiger partial charge in [-0.2, -0.15) is 0 Å². The highest BCUT2D eigenvalue weighted by Crippen LogP contribution is 2.27. The number of anilines is 1. The standard InChI is InChI=1S/C21H23F3N4O3/c1-4-26(5-2)18-12-25-11-10-15(18)13-27-14(3)19(29)28(20(27)30)16-6-8-17(9-7-16)31-21(22,23)24/h6-12,29H,4-5,13H2,1-3H3. The molecule has 2 aromatic heterocycles. The summed E-state index contributed by atoms with van der Waals surface area (Å²) in [7, 11) is 0. The first kappa shape index (κ1) is 22.3. The molecule has 0 radical (unpaired) electrons. The molecule has 2 heterocycles. The predicted octanol–water partition coefficient (Wildman–Crippen LogP) is 3.84. The molecule has 0 spiro atoms. The smallest absolute Gasteiger partial charge is 0.493 e. The maximum Gasteiger partial charge on any atom is 0.573 e. The summed E-state index contributed by atoms with van der Waals surface area (Å²) in [5.74, 6) is -0.700. The molecule has 0 aliphatic rings. The fourth-order valence-electron chi connectivity index (χ4n) is 3.42. The summed E-state index contributed by atoms with van der Waals surface area (Å²) in [6.45, 7) is 7.38. The minimum absolute atomic E-state index is 0.203. The molecule has 0 saturated heterocycles. The summed E-state index contributed by atoms with van der Waals surface area (Å²) >= 11 is 0. The van der Waals surface area contributed by atoms with Gasteiger partial charge in [0.2, 0.25) is 5.88 Å². The maximum absolute atomic E-state index is 13.1. The number of ether oxygens (including phenoxy) is 1. The van der Waals surface area contributed by atoms with Crippen LogP contribution in [-0.2, 0) is 6.54 Å². The lowest BCUT2D eigenvalue weighted by Crippen LogP contribution is -2.27. The van der Waals surface area contributed by atoms with E-state index in [1.807, 2.05) is 19.9 Å². The summed E-state index contributed by atoms with van der Waals surface area (Å²) < 4.78 is 43.4. The number of hydrogen-bond acceptors (Lipinski definition) is 5. The van der Waals surface area contributed by atoms with Crippen LogP contribution in [0.1, 0.15) is 25.1 Å². The first-order chi connectivity index (χ1) is 14.7. The largest absolute Gasteiger partial charge is 0.573 e. The Morgan fingerprint density at radius 3 is 2.35 bits per heavy atom. The number of hydrogen-bond donors (Lipinski definition) is 1. The average molecular weight is 436 g/mol. The maximum atomic E-state index is 13.1. The second-order valence-corrected chi connectivity index (χ2v) is 6.83. The number of nitrogens with zero attached hydrogens (tertiary/aromatic N) is 4. The van der Waals surface area contributed by atoms with Crippen molar-refractivity contribution in [3.05, 3.63) is 64.5 Å². The van der Waals surface area contributed by atoms with Crippen molar-refractivity contribution in [3.8, 4) is 17.3 Å². The van der Waals surface area contributed by atoms with Crippen molar-refractivity contribution in [1.82, 2.24) is 14.1 Å². The Bertz CT molecular complexity index is 1100. The zero-order valence-corrected chi connectivity index (χ0v) is 17.3. The molecule has 0 saturated carbocycles. The zero-order valence-electron chi connectivity index (χ0n) is 17.3. The number of rotatable bonds is 7. The van der Waals surface area contributed by atoms with Crippen molar-refractivity contribution in [2.75, 3.05) is 18.0 Å². The van der Waals surface area contributed by atoms with Gasteiger partial charge in [0.15, 0.2) is 0 Å². The molecule has 0 aliphatic carbocycles. The van der Waals surface area contributed by atoms with Crippen LogP contribution >= 0.6 is 0 Å². The van der Waals surface area contributed by atoms with Crippen LogP contribution in [-0.4, -0.2) is 38.7 Å². The molecule has 1 aromatic carbocycles. The Kier molecular flexibility index (Phi) is 6.28. The Balaban J connectivity index is 1.99. The first-order valence-electron chi connectivity index (χ1n) is 9.71. The Hall–Kier alpha value is -3.43. The fraction of sp³-hybridized carbons (Fsp3) is 0.333. The Morgan fingerprint density at radius 2 is 1.77 bits per heavy atom. The Labute approximate surface area is 176 Å². The Morgan fingerprint density at radius 1 is 1.13 bits per heavy atom. The lowest BCUT2D eigenvalue weighted by Gasteiger charge is -2.23. The minimum atomic E-state index is -4.81. The third-order valence-electron chi connectivity index (χ3n) is 5.01. The normalized spacial score (nSPS) is 11.5. The van der Waals surface area contributed by atoms with E-state index in [9.17, 15) is 23.1 Å². The van der Waals surface area contributed by atoms with Gasteiger partial charge in [-0.1, -0.05) is 0 Å². The number of pyridine rings is 1. The van der Waals surface area contributed by atoms with Gasteiger partial charge < -0.3 is 14.7 Å². The number of aromatic hydroxyl groups is 1. The highest BCUT2D eigenvalue weighted by molar-refractivity contribution is 5.52. The summed E-state index contributed by atoms with van der Waals surface area (Å²) in [4.78, 5) is 19.4. The van der Waals surface area contributed by atoms with Gasteiger partial charge in [0.05, 0.1) is 29.8 Å². The molecule has 0 fully saturated rings. The van der Waals surface area contributed by atoms with Crippen molar-refractivity contribution >= 4 is 5.69 Å². The van der Waals surface area contributed by atoms with Crippen molar-refractivity contribution < 1.29 is 23.0 Å². The van der Waals surface area contributed by atoms with Gasteiger partial charge in [-0.25, -0.2) is 9.36 Å². The summed E-state index contributed by atoms with van der Waals surface area (Å²) in [5, 5.41) is 10.6. The van der Waals surface area contributed by atoms with E-state index < -0.39 is 17.8 Å². The second-order valence-electron chi connectivity index (χ2n) is 6.83. The summed E-state index contributed by atoms with van der Waals surface area (Å²) in [6.07, 6.45) is -1.44. The molecule has 10 heteroatoms. The van der Waals surface area contributed by atoms with Crippen LogP contribution in [0.3, 0.4) is 0 Å². The topological polar surface area (TPSA) is 72.5 Å². The quantitative estimate of drug-likeness (QED) is 0.609. The third-order valence-corrected chi connectivity index (χ3v) is 5.01. The number of imidazole rings is 1. The lowest BCUT2D eigenvalue weighted by molar-refractivity contribution is -0.274. The molecule has 0 unspecified atom stereocenters. The van der Waals surface area contributed by atoms with E-state index in [0.717, 1.165) is 41.0 Å². The van der Waals surface area contributed by atoms with E-state index in [1.54, 1.807) is 19.3 Å². The monoisotopic (exact) mass is 436 g/mol. The van der Waals surface area contributed by atoms with E-state index in [2.05, 4.69) is 14.6 Å². The van der Waals surface area contributed by atoms with Crippen LogP contribution in [0.5, 0.6) is 11.6 Å². The molecular weight excluding hydrogens is 413 g/mol. The van der Waals surface area contributed by atoms with Crippen LogP contribution in [0.4, 0.5) is 18.9 Å². The van der Waals surface area contributed by atoms with Gasteiger partial charge in [-0.3, -0.25) is 9.55 Å². The predicted molar refractivity (Wildman–Crippen MR) is 110 cm³/mol. The SMILES string of the molecule is CCN(CC)c1cnccc1Cn1c(C)c(O)n(-c2ccc(OC(F)(F)F)cc2)c1=O. The van der Waals surface area contributed by atoms with Crippen molar-refractivity contribution in [1.29, 1.82) is 0 Å². The number of alkyl halides is 3. The summed E-state index contributed by atoms with van der Waals surface area (Å²) in [6, 6.07) is 6.54. The van der Waals surface area contributed by atoms with Gasteiger partial charge in [0.25, 0.3) is 0 Å². The molecule has 3 aromatic rings. The highest BCUT2D eigenvalue weighted by Gasteiger charge is 2.31. The molecule has 0 aliphatic heterocycles. The van der Waals surface area contributed by atoms with Crippen LogP contribution in [0.25, 0.3) is 5.69 Å². The first-order valence-corrected chi connectivity index (χ1v) is 9.71. The van der Waals surface area contributed by atoms with Gasteiger partial charge >= 0.3 is 12.1 Å². The molecule has 0 amide bonds.